The lowest BCUT2D eigenvalue weighted by Gasteiger charge is -2.37. The Morgan fingerprint density at radius 3 is 2.79 bits per heavy atom. The van der Waals surface area contributed by atoms with Crippen LogP contribution in [0.5, 0.6) is 0 Å². The standard InChI is InChI=1S/C10H15F3N2O3S/c1-14-9-15-6-5(11)7(16)4(18-8(6)19-9)2-3-10(12,13)17/h4-8,16-17H,2-3H2,1H3,(H,14,15)/t4-,5-,6-,7-,8-/m1/s1. The molecule has 0 aromatic heterocycles. The Hall–Kier alpha value is -0.510. The zero-order valence-corrected chi connectivity index (χ0v) is 10.9. The van der Waals surface area contributed by atoms with Crippen molar-refractivity contribution in [3.8, 4) is 0 Å². The Balaban J connectivity index is 1.99. The highest BCUT2D eigenvalue weighted by Gasteiger charge is 2.49. The van der Waals surface area contributed by atoms with Crippen molar-refractivity contribution in [1.29, 1.82) is 0 Å². The third kappa shape index (κ3) is 3.33. The highest BCUT2D eigenvalue weighted by atomic mass is 32.2. The number of rotatable bonds is 3. The second kappa shape index (κ2) is 5.47. The van der Waals surface area contributed by atoms with Gasteiger partial charge in [-0.1, -0.05) is 11.8 Å². The number of aliphatic imine (C=N–C) groups is 1. The first kappa shape index (κ1) is 14.9. The minimum atomic E-state index is -3.85. The van der Waals surface area contributed by atoms with Crippen LogP contribution in [0.1, 0.15) is 12.8 Å². The number of hydrogen-bond acceptors (Lipinski definition) is 6. The number of ether oxygens (including phenoxy) is 1. The third-order valence-corrected chi connectivity index (χ3v) is 4.21. The van der Waals surface area contributed by atoms with Crippen LogP contribution in [0, 0.1) is 0 Å². The largest absolute Gasteiger partial charge is 0.387 e. The van der Waals surface area contributed by atoms with Crippen molar-refractivity contribution in [1.82, 2.24) is 5.32 Å². The van der Waals surface area contributed by atoms with Gasteiger partial charge in [0, 0.05) is 13.5 Å². The van der Waals surface area contributed by atoms with Crippen molar-refractivity contribution < 1.29 is 28.1 Å². The minimum Gasteiger partial charge on any atom is -0.387 e. The van der Waals surface area contributed by atoms with Crippen molar-refractivity contribution in [3.05, 3.63) is 0 Å². The summed E-state index contributed by atoms with van der Waals surface area (Å²) in [6.45, 7) is 0. The average molecular weight is 300 g/mol. The summed E-state index contributed by atoms with van der Waals surface area (Å²) in [6, 6.07) is -0.840. The topological polar surface area (TPSA) is 74.1 Å². The second-order valence-electron chi connectivity index (χ2n) is 4.48. The zero-order chi connectivity index (χ0) is 14.2. The molecule has 2 aliphatic rings. The lowest BCUT2D eigenvalue weighted by molar-refractivity contribution is -0.214. The number of fused-ring (bicyclic) bond motifs is 1. The monoisotopic (exact) mass is 300 g/mol. The normalized spacial score (nSPS) is 38.8. The van der Waals surface area contributed by atoms with Crippen molar-refractivity contribution in [2.24, 2.45) is 4.99 Å². The van der Waals surface area contributed by atoms with E-state index in [1.807, 2.05) is 0 Å². The summed E-state index contributed by atoms with van der Waals surface area (Å²) in [5.74, 6) is 0. The Labute approximate surface area is 112 Å². The molecule has 0 radical (unpaired) electrons. The molecule has 0 unspecified atom stereocenters. The minimum absolute atomic E-state index is 0.330. The Morgan fingerprint density at radius 2 is 2.21 bits per heavy atom. The maximum atomic E-state index is 14.0. The third-order valence-electron chi connectivity index (χ3n) is 3.06. The summed E-state index contributed by atoms with van der Waals surface area (Å²) in [5, 5.41) is 21.3. The van der Waals surface area contributed by atoms with E-state index in [-0.39, 0.29) is 6.42 Å². The van der Waals surface area contributed by atoms with Gasteiger partial charge < -0.3 is 20.3 Å². The maximum absolute atomic E-state index is 14.0. The molecule has 0 bridgehead atoms. The fourth-order valence-electron chi connectivity index (χ4n) is 2.07. The first-order chi connectivity index (χ1) is 8.81. The first-order valence-corrected chi connectivity index (χ1v) is 6.70. The van der Waals surface area contributed by atoms with Crippen LogP contribution in [0.15, 0.2) is 4.99 Å². The van der Waals surface area contributed by atoms with Gasteiger partial charge in [0.05, 0.1) is 6.10 Å². The molecule has 0 aromatic rings. The predicted molar refractivity (Wildman–Crippen MR) is 63.8 cm³/mol. The number of aliphatic hydroxyl groups excluding tert-OH is 1. The van der Waals surface area contributed by atoms with Crippen molar-refractivity contribution >= 4 is 16.9 Å². The van der Waals surface area contributed by atoms with Crippen LogP contribution in [0.3, 0.4) is 0 Å². The molecule has 0 saturated carbocycles. The highest BCUT2D eigenvalue weighted by Crippen LogP contribution is 2.38. The Morgan fingerprint density at radius 1 is 1.53 bits per heavy atom. The smallest absolute Gasteiger partial charge is 0.353 e. The van der Waals surface area contributed by atoms with Gasteiger partial charge in [0.15, 0.2) is 11.3 Å². The number of hydrogen-bond donors (Lipinski definition) is 3. The van der Waals surface area contributed by atoms with Gasteiger partial charge in [0.25, 0.3) is 0 Å². The molecule has 2 heterocycles. The van der Waals surface area contributed by atoms with Crippen molar-refractivity contribution in [3.63, 3.8) is 0 Å². The molecule has 0 aliphatic carbocycles. The van der Waals surface area contributed by atoms with E-state index in [1.165, 1.54) is 0 Å². The SMILES string of the molecule is CNC1=N[C@@H]2[C@@H](F)[C@H](O)[C@@H](CCC(O)(F)F)O[C@@H]2S1. The maximum Gasteiger partial charge on any atom is 0.353 e. The number of nitrogens with zero attached hydrogens (tertiary/aromatic N) is 1. The first-order valence-electron chi connectivity index (χ1n) is 5.82. The Kier molecular flexibility index (Phi) is 4.29. The second-order valence-corrected chi connectivity index (χ2v) is 5.56. The molecule has 5 atom stereocenters. The van der Waals surface area contributed by atoms with Crippen LogP contribution in [-0.2, 0) is 4.74 Å². The summed E-state index contributed by atoms with van der Waals surface area (Å²) in [7, 11) is 1.62. The van der Waals surface area contributed by atoms with Crippen molar-refractivity contribution in [2.75, 3.05) is 7.05 Å². The molecule has 1 fully saturated rings. The van der Waals surface area contributed by atoms with E-state index in [1.54, 1.807) is 7.05 Å². The molecule has 3 N–H and O–H groups in total. The average Bonchev–Trinajstić information content (AvgIpc) is 2.74. The van der Waals surface area contributed by atoms with Gasteiger partial charge in [-0.3, -0.25) is 4.99 Å². The van der Waals surface area contributed by atoms with E-state index in [9.17, 15) is 18.3 Å². The fraction of sp³-hybridized carbons (Fsp3) is 0.900. The molecular formula is C10H15F3N2O3S. The van der Waals surface area contributed by atoms with Crippen LogP contribution >= 0.6 is 11.8 Å². The van der Waals surface area contributed by atoms with Gasteiger partial charge in [-0.2, -0.15) is 8.78 Å². The molecule has 19 heavy (non-hydrogen) atoms. The van der Waals surface area contributed by atoms with Gasteiger partial charge in [0.2, 0.25) is 0 Å². The molecule has 9 heteroatoms. The van der Waals surface area contributed by atoms with Gasteiger partial charge in [0.1, 0.15) is 17.6 Å². The van der Waals surface area contributed by atoms with Gasteiger partial charge >= 0.3 is 6.11 Å². The van der Waals surface area contributed by atoms with E-state index < -0.39 is 42.4 Å². The van der Waals surface area contributed by atoms with Crippen LogP contribution in [0.2, 0.25) is 0 Å². The number of nitrogens with one attached hydrogen (secondary N) is 1. The lowest BCUT2D eigenvalue weighted by atomic mass is 9.96. The van der Waals surface area contributed by atoms with E-state index in [2.05, 4.69) is 10.3 Å². The summed E-state index contributed by atoms with van der Waals surface area (Å²) in [4.78, 5) is 4.01. The van der Waals surface area contributed by atoms with Gasteiger partial charge in [-0.15, -0.1) is 0 Å². The number of halogens is 3. The highest BCUT2D eigenvalue weighted by molar-refractivity contribution is 8.14. The van der Waals surface area contributed by atoms with E-state index in [4.69, 9.17) is 9.84 Å². The Bertz CT molecular complexity index is 366. The van der Waals surface area contributed by atoms with Crippen molar-refractivity contribution in [2.45, 2.75) is 48.8 Å². The molecule has 2 rings (SSSR count). The molecule has 1 saturated heterocycles. The summed E-state index contributed by atoms with van der Waals surface area (Å²) < 4.78 is 44.1. The fourth-order valence-corrected chi connectivity index (χ4v) is 3.14. The van der Waals surface area contributed by atoms with Crippen LogP contribution in [0.25, 0.3) is 0 Å². The molecule has 2 aliphatic heterocycles. The predicted octanol–water partition coefficient (Wildman–Crippen LogP) is 0.466. The molecular weight excluding hydrogens is 285 g/mol. The van der Waals surface area contributed by atoms with E-state index in [0.29, 0.717) is 5.17 Å². The van der Waals surface area contributed by atoms with Crippen LogP contribution in [-0.4, -0.2) is 58.4 Å². The van der Waals surface area contributed by atoms with Crippen LogP contribution < -0.4 is 5.32 Å². The molecule has 0 aromatic carbocycles. The zero-order valence-electron chi connectivity index (χ0n) is 10.1. The molecule has 0 amide bonds. The number of aliphatic hydroxyl groups is 2. The lowest BCUT2D eigenvalue weighted by Crippen LogP contribution is -2.52. The number of thioether (sulfide) groups is 1. The summed E-state index contributed by atoms with van der Waals surface area (Å²) in [5.41, 5.74) is -0.641. The molecule has 5 nitrogen and oxygen atoms in total. The van der Waals surface area contributed by atoms with Gasteiger partial charge in [-0.25, -0.2) is 4.39 Å². The molecule has 110 valence electrons. The van der Waals surface area contributed by atoms with E-state index >= 15 is 0 Å². The van der Waals surface area contributed by atoms with Gasteiger partial charge in [-0.05, 0) is 6.42 Å². The number of alkyl halides is 3. The quantitative estimate of drug-likeness (QED) is 0.706. The molecule has 0 spiro atoms. The number of amidine groups is 1. The summed E-state index contributed by atoms with van der Waals surface area (Å²) >= 11 is 1.15. The summed E-state index contributed by atoms with van der Waals surface area (Å²) in [6.07, 6.45) is -9.33. The van der Waals surface area contributed by atoms with Crippen LogP contribution in [0.4, 0.5) is 13.2 Å². The van der Waals surface area contributed by atoms with E-state index in [0.717, 1.165) is 11.8 Å².